The maximum atomic E-state index is 11.9. The average Bonchev–Trinajstić information content (AvgIpc) is 2.62. The van der Waals surface area contributed by atoms with Crippen LogP contribution in [0.4, 0.5) is 0 Å². The number of ether oxygens (including phenoxy) is 1. The lowest BCUT2D eigenvalue weighted by Gasteiger charge is -2.03. The minimum atomic E-state index is -0.447. The topological polar surface area (TPSA) is 83.8 Å². The average molecular weight is 407 g/mol. The molecule has 0 saturated carbocycles. The number of methoxy groups -OCH3 is 1. The number of halogens is 2. The lowest BCUT2D eigenvalue weighted by molar-refractivity contribution is -0.121. The van der Waals surface area contributed by atoms with E-state index in [-0.39, 0.29) is 28.5 Å². The first-order valence-corrected chi connectivity index (χ1v) is 8.52. The summed E-state index contributed by atoms with van der Waals surface area (Å²) in [6, 6.07) is 7.50. The van der Waals surface area contributed by atoms with Gasteiger partial charge in [-0.15, -0.1) is 0 Å². The third-order valence-corrected chi connectivity index (χ3v) is 4.03. The largest absolute Gasteiger partial charge is 0.506 e. The van der Waals surface area contributed by atoms with Gasteiger partial charge in [-0.05, 0) is 48.1 Å². The summed E-state index contributed by atoms with van der Waals surface area (Å²) >= 11 is 11.7. The van der Waals surface area contributed by atoms with E-state index in [9.17, 15) is 19.8 Å². The third-order valence-electron chi connectivity index (χ3n) is 3.52. The van der Waals surface area contributed by atoms with E-state index < -0.39 is 11.6 Å². The molecule has 2 aromatic rings. The highest BCUT2D eigenvalue weighted by molar-refractivity contribution is 6.35. The first kappa shape index (κ1) is 20.6. The molecule has 0 unspecified atom stereocenters. The van der Waals surface area contributed by atoms with Crippen molar-refractivity contribution in [2.75, 3.05) is 7.11 Å². The number of phenols is 2. The Morgan fingerprint density at radius 2 is 1.70 bits per heavy atom. The molecule has 2 rings (SSSR count). The quantitative estimate of drug-likeness (QED) is 0.515. The molecule has 0 aliphatic carbocycles. The number of carbonyl (C=O) groups excluding carboxylic acids is 2. The molecule has 0 aromatic heterocycles. The van der Waals surface area contributed by atoms with Gasteiger partial charge >= 0.3 is 0 Å². The van der Waals surface area contributed by atoms with Crippen molar-refractivity contribution in [1.29, 1.82) is 0 Å². The second-order valence-corrected chi connectivity index (χ2v) is 6.38. The highest BCUT2D eigenvalue weighted by Crippen LogP contribution is 2.32. The van der Waals surface area contributed by atoms with Crippen molar-refractivity contribution in [1.82, 2.24) is 0 Å². The molecule has 7 heteroatoms. The second kappa shape index (κ2) is 9.26. The lowest BCUT2D eigenvalue weighted by atomic mass is 10.1. The van der Waals surface area contributed by atoms with Gasteiger partial charge in [-0.2, -0.15) is 0 Å². The van der Waals surface area contributed by atoms with Gasteiger partial charge in [-0.1, -0.05) is 35.3 Å². The smallest absolute Gasteiger partial charge is 0.163 e. The van der Waals surface area contributed by atoms with Gasteiger partial charge in [0.1, 0.15) is 5.75 Å². The fourth-order valence-corrected chi connectivity index (χ4v) is 2.69. The number of phenolic OH excluding ortho intramolecular Hbond substituents is 2. The fourth-order valence-electron chi connectivity index (χ4n) is 2.19. The van der Waals surface area contributed by atoms with E-state index in [4.69, 9.17) is 27.9 Å². The molecule has 0 aliphatic heterocycles. The maximum Gasteiger partial charge on any atom is 0.163 e. The Balaban J connectivity index is 1.99. The van der Waals surface area contributed by atoms with Crippen LogP contribution in [-0.2, 0) is 9.59 Å². The zero-order chi connectivity index (χ0) is 20.0. The van der Waals surface area contributed by atoms with Crippen LogP contribution in [0.2, 0.25) is 10.0 Å². The molecule has 2 N–H and O–H groups in total. The molecular weight excluding hydrogens is 391 g/mol. The maximum absolute atomic E-state index is 11.9. The molecule has 2 aromatic carbocycles. The van der Waals surface area contributed by atoms with Crippen molar-refractivity contribution >= 4 is 46.9 Å². The molecule has 0 amide bonds. The zero-order valence-corrected chi connectivity index (χ0v) is 15.8. The molecule has 140 valence electrons. The van der Waals surface area contributed by atoms with E-state index >= 15 is 0 Å². The van der Waals surface area contributed by atoms with Crippen LogP contribution in [0.15, 0.2) is 42.5 Å². The Hall–Kier alpha value is -2.76. The van der Waals surface area contributed by atoms with Crippen LogP contribution in [-0.4, -0.2) is 28.9 Å². The van der Waals surface area contributed by atoms with Crippen LogP contribution in [0.5, 0.6) is 17.2 Å². The van der Waals surface area contributed by atoms with E-state index in [1.165, 1.54) is 49.6 Å². The van der Waals surface area contributed by atoms with Crippen molar-refractivity contribution in [3.63, 3.8) is 0 Å². The minimum Gasteiger partial charge on any atom is -0.506 e. The Morgan fingerprint density at radius 3 is 2.33 bits per heavy atom. The molecule has 0 heterocycles. The molecule has 0 radical (unpaired) electrons. The highest BCUT2D eigenvalue weighted by Gasteiger charge is 2.08. The van der Waals surface area contributed by atoms with Crippen LogP contribution >= 0.6 is 23.2 Å². The van der Waals surface area contributed by atoms with Crippen molar-refractivity contribution in [2.45, 2.75) is 6.42 Å². The monoisotopic (exact) mass is 406 g/mol. The van der Waals surface area contributed by atoms with Crippen molar-refractivity contribution in [3.05, 3.63) is 63.7 Å². The first-order chi connectivity index (χ1) is 12.8. The van der Waals surface area contributed by atoms with Crippen LogP contribution in [0, 0.1) is 0 Å². The van der Waals surface area contributed by atoms with Gasteiger partial charge in [0.25, 0.3) is 0 Å². The summed E-state index contributed by atoms with van der Waals surface area (Å²) < 4.78 is 4.94. The molecule has 0 saturated heterocycles. The molecule has 0 spiro atoms. The van der Waals surface area contributed by atoms with E-state index in [0.29, 0.717) is 16.3 Å². The van der Waals surface area contributed by atoms with Gasteiger partial charge in [0, 0.05) is 10.6 Å². The molecule has 27 heavy (non-hydrogen) atoms. The molecule has 0 bridgehead atoms. The normalized spacial score (nSPS) is 11.2. The summed E-state index contributed by atoms with van der Waals surface area (Å²) in [5.74, 6) is -0.782. The van der Waals surface area contributed by atoms with Gasteiger partial charge < -0.3 is 14.9 Å². The SMILES string of the molecule is COc1ccc(/C=C/C(=O)CC(=O)/C=C/c2cc(Cl)cc(Cl)c2O)cc1O. The Labute approximate surface area is 166 Å². The Bertz CT molecular complexity index is 932. The van der Waals surface area contributed by atoms with Crippen LogP contribution in [0.1, 0.15) is 17.5 Å². The third kappa shape index (κ3) is 5.88. The van der Waals surface area contributed by atoms with Crippen molar-refractivity contribution in [3.8, 4) is 17.2 Å². The van der Waals surface area contributed by atoms with E-state index in [1.54, 1.807) is 12.1 Å². The predicted octanol–water partition coefficient (Wildman–Crippen LogP) is 4.67. The zero-order valence-electron chi connectivity index (χ0n) is 14.3. The molecule has 0 aliphatic rings. The van der Waals surface area contributed by atoms with Gasteiger partial charge in [0.2, 0.25) is 0 Å². The predicted molar refractivity (Wildman–Crippen MR) is 105 cm³/mol. The number of benzene rings is 2. The summed E-state index contributed by atoms with van der Waals surface area (Å²) in [5, 5.41) is 19.9. The van der Waals surface area contributed by atoms with Gasteiger partial charge in [-0.25, -0.2) is 0 Å². The lowest BCUT2D eigenvalue weighted by Crippen LogP contribution is -2.01. The van der Waals surface area contributed by atoms with Crippen molar-refractivity contribution < 1.29 is 24.5 Å². The van der Waals surface area contributed by atoms with Crippen LogP contribution < -0.4 is 4.74 Å². The van der Waals surface area contributed by atoms with Crippen molar-refractivity contribution in [2.24, 2.45) is 0 Å². The standard InChI is InChI=1S/C20H16Cl2O5/c1-27-19-7-3-12(8-18(19)25)2-5-15(23)11-16(24)6-4-13-9-14(21)10-17(22)20(13)26/h2-10,25-26H,11H2,1H3/b5-2+,6-4+. The number of aromatic hydroxyl groups is 2. The van der Waals surface area contributed by atoms with Gasteiger partial charge in [-0.3, -0.25) is 9.59 Å². The Kier molecular flexibility index (Phi) is 7.05. The van der Waals surface area contributed by atoms with Gasteiger partial charge in [0.05, 0.1) is 18.6 Å². The van der Waals surface area contributed by atoms with Crippen LogP contribution in [0.3, 0.4) is 0 Å². The number of allylic oxidation sites excluding steroid dienone is 2. The van der Waals surface area contributed by atoms with Crippen LogP contribution in [0.25, 0.3) is 12.2 Å². The second-order valence-electron chi connectivity index (χ2n) is 5.53. The van der Waals surface area contributed by atoms with E-state index in [0.717, 1.165) is 0 Å². The first-order valence-electron chi connectivity index (χ1n) is 7.77. The number of hydrogen-bond acceptors (Lipinski definition) is 5. The number of carbonyl (C=O) groups is 2. The van der Waals surface area contributed by atoms with E-state index in [2.05, 4.69) is 0 Å². The number of rotatable bonds is 7. The van der Waals surface area contributed by atoms with Gasteiger partial charge in [0.15, 0.2) is 23.1 Å². The minimum absolute atomic E-state index is 0.0499. The highest BCUT2D eigenvalue weighted by atomic mass is 35.5. The Morgan fingerprint density at radius 1 is 1.04 bits per heavy atom. The summed E-state index contributed by atoms with van der Waals surface area (Å²) in [5.41, 5.74) is 0.862. The molecule has 0 fully saturated rings. The summed E-state index contributed by atoms with van der Waals surface area (Å²) in [6.07, 6.45) is 4.91. The number of hydrogen-bond donors (Lipinski definition) is 2. The number of ketones is 2. The van der Waals surface area contributed by atoms with E-state index in [1.807, 2.05) is 0 Å². The molecule has 5 nitrogen and oxygen atoms in total. The summed E-state index contributed by atoms with van der Waals surface area (Å²) in [4.78, 5) is 23.8. The summed E-state index contributed by atoms with van der Waals surface area (Å²) in [7, 11) is 1.43. The fraction of sp³-hybridized carbons (Fsp3) is 0.100. The molecular formula is C20H16Cl2O5. The summed E-state index contributed by atoms with van der Waals surface area (Å²) in [6.45, 7) is 0. The molecule has 0 atom stereocenters.